The molecule has 9 nitrogen and oxygen atoms in total. The Bertz CT molecular complexity index is 1190. The summed E-state index contributed by atoms with van der Waals surface area (Å²) in [7, 11) is 0. The highest BCUT2D eigenvalue weighted by Gasteiger charge is 2.39. The summed E-state index contributed by atoms with van der Waals surface area (Å²) in [6.07, 6.45) is -3.41. The molecule has 4 rings (SSSR count). The van der Waals surface area contributed by atoms with Gasteiger partial charge in [0.1, 0.15) is 17.9 Å². The molecule has 0 saturated carbocycles. The number of rotatable bonds is 5. The first-order chi connectivity index (χ1) is 15.6. The predicted molar refractivity (Wildman–Crippen MR) is 109 cm³/mol. The molecule has 3 aromatic rings. The molecule has 1 fully saturated rings. The Morgan fingerprint density at radius 1 is 1.15 bits per heavy atom. The quantitative estimate of drug-likeness (QED) is 0.515. The number of piperazine rings is 1. The summed E-state index contributed by atoms with van der Waals surface area (Å²) in [6.45, 7) is 2.38. The molecule has 0 bridgehead atoms. The molecule has 3 heterocycles. The Kier molecular flexibility index (Phi) is 6.10. The zero-order chi connectivity index (χ0) is 23.8. The Balaban J connectivity index is 1.43. The number of hydrogen-bond acceptors (Lipinski definition) is 8. The second-order valence-corrected chi connectivity index (χ2v) is 8.30. The van der Waals surface area contributed by atoms with Crippen LogP contribution in [0.5, 0.6) is 0 Å². The number of nitrogens with zero attached hydrogens (tertiary/aromatic N) is 7. The molecule has 0 unspecified atom stereocenters. The van der Waals surface area contributed by atoms with Gasteiger partial charge in [-0.1, -0.05) is 17.4 Å². The van der Waals surface area contributed by atoms with Gasteiger partial charge >= 0.3 is 6.18 Å². The second-order valence-electron chi connectivity index (χ2n) is 7.29. The molecule has 1 aliphatic heterocycles. The standard InChI is InChI=1S/C19H17F4N7O2S/c1-11(31)10-30-26-16(25-27-30)14-9-24-18(33-14)29-7-5-28(6-8-29)17(32)12-3-2-4-13(20)15(12)19(21,22)23/h2-4,9H,5-8,10H2,1H3. The molecule has 33 heavy (non-hydrogen) atoms. The van der Waals surface area contributed by atoms with E-state index in [0.29, 0.717) is 35.0 Å². The van der Waals surface area contributed by atoms with Crippen molar-refractivity contribution in [2.45, 2.75) is 19.6 Å². The molecule has 1 amide bonds. The highest BCUT2D eigenvalue weighted by Crippen LogP contribution is 2.35. The lowest BCUT2D eigenvalue weighted by atomic mass is 10.0. The Hall–Kier alpha value is -3.42. The summed E-state index contributed by atoms with van der Waals surface area (Å²) in [6, 6.07) is 2.76. The maximum atomic E-state index is 13.8. The molecule has 14 heteroatoms. The van der Waals surface area contributed by atoms with Gasteiger partial charge < -0.3 is 9.80 Å². The number of benzene rings is 1. The van der Waals surface area contributed by atoms with Crippen LogP contribution in [0.3, 0.4) is 0 Å². The van der Waals surface area contributed by atoms with Crippen molar-refractivity contribution >= 4 is 28.2 Å². The molecule has 1 saturated heterocycles. The van der Waals surface area contributed by atoms with Crippen LogP contribution >= 0.6 is 11.3 Å². The number of aromatic nitrogens is 5. The van der Waals surface area contributed by atoms with Gasteiger partial charge in [-0.3, -0.25) is 9.59 Å². The maximum absolute atomic E-state index is 13.8. The van der Waals surface area contributed by atoms with E-state index in [1.165, 1.54) is 28.0 Å². The normalized spacial score (nSPS) is 14.6. The molecule has 1 aliphatic rings. The van der Waals surface area contributed by atoms with Crippen LogP contribution in [0, 0.1) is 5.82 Å². The van der Waals surface area contributed by atoms with E-state index in [1.807, 2.05) is 4.90 Å². The van der Waals surface area contributed by atoms with E-state index in [4.69, 9.17) is 0 Å². The fourth-order valence-electron chi connectivity index (χ4n) is 3.38. The van der Waals surface area contributed by atoms with Crippen molar-refractivity contribution in [3.05, 3.63) is 41.3 Å². The number of amides is 1. The van der Waals surface area contributed by atoms with Gasteiger partial charge in [0.15, 0.2) is 10.9 Å². The van der Waals surface area contributed by atoms with Crippen LogP contribution in [0.15, 0.2) is 24.4 Å². The van der Waals surface area contributed by atoms with Gasteiger partial charge in [-0.2, -0.15) is 18.0 Å². The van der Waals surface area contributed by atoms with Crippen LogP contribution in [0.4, 0.5) is 22.7 Å². The second kappa shape index (κ2) is 8.84. The predicted octanol–water partition coefficient (Wildman–Crippen LogP) is 2.51. The highest BCUT2D eigenvalue weighted by atomic mass is 32.1. The summed E-state index contributed by atoms with van der Waals surface area (Å²) in [4.78, 5) is 33.2. The molecule has 1 aromatic carbocycles. The van der Waals surface area contributed by atoms with Crippen LogP contribution in [0.25, 0.3) is 10.7 Å². The van der Waals surface area contributed by atoms with Crippen molar-refractivity contribution in [3.63, 3.8) is 0 Å². The number of thiazole rings is 1. The van der Waals surface area contributed by atoms with Crippen molar-refractivity contribution < 1.29 is 27.2 Å². The van der Waals surface area contributed by atoms with E-state index in [2.05, 4.69) is 20.4 Å². The van der Waals surface area contributed by atoms with Gasteiger partial charge in [0.2, 0.25) is 5.82 Å². The zero-order valence-electron chi connectivity index (χ0n) is 17.2. The van der Waals surface area contributed by atoms with E-state index in [0.717, 1.165) is 12.1 Å². The summed E-state index contributed by atoms with van der Waals surface area (Å²) >= 11 is 1.29. The number of Topliss-reactive ketones (excluding diaryl/α,β-unsaturated/α-hetero) is 1. The highest BCUT2D eigenvalue weighted by molar-refractivity contribution is 7.18. The van der Waals surface area contributed by atoms with Crippen molar-refractivity contribution in [1.29, 1.82) is 0 Å². The molecule has 174 valence electrons. The molecule has 0 N–H and O–H groups in total. The number of ketones is 1. The van der Waals surface area contributed by atoms with Gasteiger partial charge in [0.25, 0.3) is 5.91 Å². The number of halogens is 4. The van der Waals surface area contributed by atoms with Gasteiger partial charge in [0, 0.05) is 26.2 Å². The number of tetrazole rings is 1. The lowest BCUT2D eigenvalue weighted by Gasteiger charge is -2.35. The summed E-state index contributed by atoms with van der Waals surface area (Å²) < 4.78 is 53.6. The van der Waals surface area contributed by atoms with Gasteiger partial charge in [0.05, 0.1) is 16.6 Å². The number of hydrogen-bond donors (Lipinski definition) is 0. The minimum atomic E-state index is -4.98. The van der Waals surface area contributed by atoms with Crippen molar-refractivity contribution in [3.8, 4) is 10.7 Å². The minimum absolute atomic E-state index is 0.00994. The average molecular weight is 483 g/mol. The third-order valence-electron chi connectivity index (χ3n) is 4.90. The smallest absolute Gasteiger partial charge is 0.345 e. The molecule has 0 spiro atoms. The van der Waals surface area contributed by atoms with Gasteiger partial charge in [-0.25, -0.2) is 9.37 Å². The maximum Gasteiger partial charge on any atom is 0.420 e. The fourth-order valence-corrected chi connectivity index (χ4v) is 4.28. The number of anilines is 1. The van der Waals surface area contributed by atoms with E-state index < -0.39 is 29.0 Å². The van der Waals surface area contributed by atoms with E-state index in [-0.39, 0.29) is 25.4 Å². The molecular weight excluding hydrogens is 466 g/mol. The lowest BCUT2D eigenvalue weighted by molar-refractivity contribution is -0.140. The zero-order valence-corrected chi connectivity index (χ0v) is 18.0. The van der Waals surface area contributed by atoms with Crippen LogP contribution in [0.2, 0.25) is 0 Å². The molecule has 0 radical (unpaired) electrons. The number of alkyl halides is 3. The fraction of sp³-hybridized carbons (Fsp3) is 0.368. The van der Waals surface area contributed by atoms with Gasteiger partial charge in [-0.15, -0.1) is 10.2 Å². The van der Waals surface area contributed by atoms with Crippen molar-refractivity contribution in [1.82, 2.24) is 30.1 Å². The summed E-state index contributed by atoms with van der Waals surface area (Å²) in [5.74, 6) is -2.14. The average Bonchev–Trinajstić information content (AvgIpc) is 3.41. The van der Waals surface area contributed by atoms with Crippen LogP contribution in [-0.4, -0.2) is 68.0 Å². The van der Waals surface area contributed by atoms with Crippen molar-refractivity contribution in [2.24, 2.45) is 0 Å². The Labute approximate surface area is 188 Å². The summed E-state index contributed by atoms with van der Waals surface area (Å²) in [5, 5.41) is 12.5. The van der Waals surface area contributed by atoms with E-state index in [9.17, 15) is 27.2 Å². The summed E-state index contributed by atoms with van der Waals surface area (Å²) in [5.41, 5.74) is -2.25. The van der Waals surface area contributed by atoms with Crippen molar-refractivity contribution in [2.75, 3.05) is 31.1 Å². The van der Waals surface area contributed by atoms with E-state index >= 15 is 0 Å². The first-order valence-electron chi connectivity index (χ1n) is 9.77. The third kappa shape index (κ3) is 4.84. The lowest BCUT2D eigenvalue weighted by Crippen LogP contribution is -2.49. The Morgan fingerprint density at radius 3 is 2.55 bits per heavy atom. The molecular formula is C19H17F4N7O2S. The molecule has 0 atom stereocenters. The topological polar surface area (TPSA) is 97.1 Å². The minimum Gasteiger partial charge on any atom is -0.345 e. The monoisotopic (exact) mass is 483 g/mol. The molecule has 2 aromatic heterocycles. The van der Waals surface area contributed by atoms with Crippen LogP contribution < -0.4 is 4.90 Å². The van der Waals surface area contributed by atoms with E-state index in [1.54, 1.807) is 6.20 Å². The van der Waals surface area contributed by atoms with Crippen LogP contribution in [0.1, 0.15) is 22.8 Å². The number of carbonyl (C=O) groups excluding carboxylic acids is 2. The SMILES string of the molecule is CC(=O)Cn1nnc(-c2cnc(N3CCN(C(=O)c4cccc(F)c4C(F)(F)F)CC3)s2)n1. The number of carbonyl (C=O) groups is 2. The first-order valence-corrected chi connectivity index (χ1v) is 10.6. The van der Waals surface area contributed by atoms with Crippen LogP contribution in [-0.2, 0) is 17.5 Å². The first kappa shape index (κ1) is 22.8. The van der Waals surface area contributed by atoms with Gasteiger partial charge in [-0.05, 0) is 24.3 Å². The largest absolute Gasteiger partial charge is 0.420 e. The molecule has 0 aliphatic carbocycles. The third-order valence-corrected chi connectivity index (χ3v) is 5.95. The Morgan fingerprint density at radius 2 is 1.88 bits per heavy atom.